The largest absolute Gasteiger partial charge is 0.492 e. The van der Waals surface area contributed by atoms with E-state index in [1.165, 1.54) is 35.4 Å². The zero-order chi connectivity index (χ0) is 19.3. The quantitative estimate of drug-likeness (QED) is 0.426. The lowest BCUT2D eigenvalue weighted by molar-refractivity contribution is 0.0726. The molecule has 0 fully saturated rings. The van der Waals surface area contributed by atoms with Crippen LogP contribution in [-0.2, 0) is 0 Å². The molecule has 0 N–H and O–H groups in total. The average Bonchev–Trinajstić information content (AvgIpc) is 2.66. The van der Waals surface area contributed by atoms with Crippen molar-refractivity contribution in [2.24, 2.45) is 0 Å². The molecule has 0 unspecified atom stereocenters. The minimum absolute atomic E-state index is 0.0197. The number of rotatable bonds is 7. The summed E-state index contributed by atoms with van der Waals surface area (Å²) in [6.45, 7) is 1.32. The SMILES string of the molecule is COc1c(OC)c(OC)c(C(C)=O)c(OC(=O)c2ccccc2)c1OC. The molecule has 0 spiro atoms. The van der Waals surface area contributed by atoms with Gasteiger partial charge in [-0.3, -0.25) is 4.79 Å². The fourth-order valence-corrected chi connectivity index (χ4v) is 2.53. The molecule has 2 rings (SSSR count). The Morgan fingerprint density at radius 1 is 0.692 bits per heavy atom. The molecule has 0 bridgehead atoms. The molecule has 0 radical (unpaired) electrons. The lowest BCUT2D eigenvalue weighted by Crippen LogP contribution is -2.14. The monoisotopic (exact) mass is 360 g/mol. The van der Waals surface area contributed by atoms with Crippen molar-refractivity contribution in [1.82, 2.24) is 0 Å². The first-order chi connectivity index (χ1) is 12.5. The topological polar surface area (TPSA) is 80.3 Å². The van der Waals surface area contributed by atoms with E-state index in [2.05, 4.69) is 0 Å². The summed E-state index contributed by atoms with van der Waals surface area (Å²) in [4.78, 5) is 24.8. The Kier molecular flexibility index (Phi) is 6.06. The number of hydrogen-bond acceptors (Lipinski definition) is 7. The van der Waals surface area contributed by atoms with Gasteiger partial charge in [0.25, 0.3) is 0 Å². The van der Waals surface area contributed by atoms with Crippen LogP contribution in [0, 0.1) is 0 Å². The predicted molar refractivity (Wildman–Crippen MR) is 94.1 cm³/mol. The molecular formula is C19H20O7. The van der Waals surface area contributed by atoms with Crippen LogP contribution in [-0.4, -0.2) is 40.2 Å². The molecule has 7 nitrogen and oxygen atoms in total. The van der Waals surface area contributed by atoms with Gasteiger partial charge in [-0.05, 0) is 19.1 Å². The van der Waals surface area contributed by atoms with Crippen molar-refractivity contribution >= 4 is 11.8 Å². The average molecular weight is 360 g/mol. The van der Waals surface area contributed by atoms with Crippen molar-refractivity contribution in [2.75, 3.05) is 28.4 Å². The highest BCUT2D eigenvalue weighted by atomic mass is 16.6. The Hall–Kier alpha value is -3.22. The van der Waals surface area contributed by atoms with Gasteiger partial charge in [-0.25, -0.2) is 4.79 Å². The standard InChI is InChI=1S/C19H20O7/c1-11(20)13-14(22-2)16(23-3)18(25-5)17(24-4)15(13)26-19(21)12-9-7-6-8-10-12/h6-10H,1-5H3. The molecule has 7 heteroatoms. The highest BCUT2D eigenvalue weighted by Gasteiger charge is 2.32. The minimum Gasteiger partial charge on any atom is -0.492 e. The van der Waals surface area contributed by atoms with Gasteiger partial charge in [0.1, 0.15) is 5.56 Å². The second-order valence-corrected chi connectivity index (χ2v) is 5.15. The maximum Gasteiger partial charge on any atom is 0.343 e. The van der Waals surface area contributed by atoms with Crippen LogP contribution in [0.5, 0.6) is 28.7 Å². The second kappa shape index (κ2) is 8.24. The summed E-state index contributed by atoms with van der Waals surface area (Å²) in [6.07, 6.45) is 0. The molecule has 2 aromatic rings. The third-order valence-corrected chi connectivity index (χ3v) is 3.65. The maximum atomic E-state index is 12.5. The number of esters is 1. The van der Waals surface area contributed by atoms with E-state index >= 15 is 0 Å². The van der Waals surface area contributed by atoms with Crippen molar-refractivity contribution in [3.05, 3.63) is 41.5 Å². The lowest BCUT2D eigenvalue weighted by Gasteiger charge is -2.21. The molecule has 0 saturated carbocycles. The Bertz CT molecular complexity index is 813. The third-order valence-electron chi connectivity index (χ3n) is 3.65. The smallest absolute Gasteiger partial charge is 0.343 e. The van der Waals surface area contributed by atoms with Gasteiger partial charge in [-0.2, -0.15) is 0 Å². The predicted octanol–water partition coefficient (Wildman–Crippen LogP) is 3.14. The molecule has 0 aliphatic carbocycles. The summed E-state index contributed by atoms with van der Waals surface area (Å²) < 4.78 is 26.8. The van der Waals surface area contributed by atoms with Crippen molar-refractivity contribution in [3.8, 4) is 28.7 Å². The molecule has 138 valence electrons. The fraction of sp³-hybridized carbons (Fsp3) is 0.263. The third kappa shape index (κ3) is 3.42. The van der Waals surface area contributed by atoms with E-state index in [0.29, 0.717) is 5.56 Å². The number of carbonyl (C=O) groups excluding carboxylic acids is 2. The number of ketones is 1. The number of ether oxygens (including phenoxy) is 5. The van der Waals surface area contributed by atoms with Crippen LogP contribution in [0.2, 0.25) is 0 Å². The van der Waals surface area contributed by atoms with Crippen LogP contribution in [0.1, 0.15) is 27.6 Å². The lowest BCUT2D eigenvalue weighted by atomic mass is 10.1. The normalized spacial score (nSPS) is 10.0. The van der Waals surface area contributed by atoms with E-state index in [1.807, 2.05) is 0 Å². The van der Waals surface area contributed by atoms with Crippen LogP contribution < -0.4 is 23.7 Å². The molecule has 0 aliphatic heterocycles. The highest BCUT2D eigenvalue weighted by molar-refractivity contribution is 6.04. The number of Topliss-reactive ketones (excluding diaryl/α,β-unsaturated/α-hetero) is 1. The Labute approximate surface area is 151 Å². The zero-order valence-corrected chi connectivity index (χ0v) is 15.2. The van der Waals surface area contributed by atoms with Crippen LogP contribution in [0.25, 0.3) is 0 Å². The van der Waals surface area contributed by atoms with Gasteiger partial charge in [0.05, 0.1) is 34.0 Å². The Balaban J connectivity index is 2.73. The van der Waals surface area contributed by atoms with E-state index in [9.17, 15) is 9.59 Å². The summed E-state index contributed by atoms with van der Waals surface area (Å²) in [5, 5.41) is 0. The first-order valence-electron chi connectivity index (χ1n) is 7.68. The number of methoxy groups -OCH3 is 4. The first-order valence-corrected chi connectivity index (χ1v) is 7.68. The molecule has 0 amide bonds. The summed E-state index contributed by atoms with van der Waals surface area (Å²) in [5.74, 6) is -0.682. The summed E-state index contributed by atoms with van der Waals surface area (Å²) in [5.41, 5.74) is 0.337. The van der Waals surface area contributed by atoms with Crippen LogP contribution >= 0.6 is 0 Å². The molecule has 0 atom stereocenters. The van der Waals surface area contributed by atoms with Gasteiger partial charge in [-0.1, -0.05) is 18.2 Å². The first kappa shape index (κ1) is 19.1. The molecule has 26 heavy (non-hydrogen) atoms. The number of carbonyl (C=O) groups is 2. The van der Waals surface area contributed by atoms with Crippen molar-refractivity contribution in [2.45, 2.75) is 6.92 Å². The van der Waals surface area contributed by atoms with Crippen LogP contribution in [0.3, 0.4) is 0 Å². The van der Waals surface area contributed by atoms with Gasteiger partial charge < -0.3 is 23.7 Å². The Morgan fingerprint density at radius 3 is 1.62 bits per heavy atom. The summed E-state index contributed by atoms with van der Waals surface area (Å²) >= 11 is 0. The highest BCUT2D eigenvalue weighted by Crippen LogP contribution is 2.53. The number of hydrogen-bond donors (Lipinski definition) is 0. The molecular weight excluding hydrogens is 340 g/mol. The fourth-order valence-electron chi connectivity index (χ4n) is 2.53. The van der Waals surface area contributed by atoms with E-state index < -0.39 is 11.8 Å². The van der Waals surface area contributed by atoms with Gasteiger partial charge in [0.15, 0.2) is 17.3 Å². The molecule has 0 saturated heterocycles. The van der Waals surface area contributed by atoms with E-state index in [0.717, 1.165) is 0 Å². The van der Waals surface area contributed by atoms with Crippen LogP contribution in [0.4, 0.5) is 0 Å². The summed E-state index contributed by atoms with van der Waals surface area (Å²) in [6, 6.07) is 8.38. The maximum absolute atomic E-state index is 12.5. The second-order valence-electron chi connectivity index (χ2n) is 5.15. The van der Waals surface area contributed by atoms with E-state index in [-0.39, 0.29) is 34.3 Å². The minimum atomic E-state index is -0.652. The van der Waals surface area contributed by atoms with Gasteiger partial charge in [0.2, 0.25) is 17.2 Å². The van der Waals surface area contributed by atoms with Crippen molar-refractivity contribution in [1.29, 1.82) is 0 Å². The van der Waals surface area contributed by atoms with Gasteiger partial charge >= 0.3 is 5.97 Å². The molecule has 0 aliphatic rings. The summed E-state index contributed by atoms with van der Waals surface area (Å²) in [7, 11) is 5.54. The van der Waals surface area contributed by atoms with Crippen molar-refractivity contribution < 1.29 is 33.3 Å². The van der Waals surface area contributed by atoms with E-state index in [4.69, 9.17) is 23.7 Å². The van der Waals surface area contributed by atoms with E-state index in [1.54, 1.807) is 30.3 Å². The number of benzene rings is 2. The van der Waals surface area contributed by atoms with Gasteiger partial charge in [0, 0.05) is 0 Å². The molecule has 0 aromatic heterocycles. The van der Waals surface area contributed by atoms with Crippen molar-refractivity contribution in [3.63, 3.8) is 0 Å². The Morgan fingerprint density at radius 2 is 1.15 bits per heavy atom. The zero-order valence-electron chi connectivity index (χ0n) is 15.2. The molecule has 2 aromatic carbocycles. The van der Waals surface area contributed by atoms with Gasteiger partial charge in [-0.15, -0.1) is 0 Å². The molecule has 0 heterocycles. The van der Waals surface area contributed by atoms with Crippen LogP contribution in [0.15, 0.2) is 30.3 Å².